The maximum atomic E-state index is 14.4. The van der Waals surface area contributed by atoms with Gasteiger partial charge < -0.3 is 10.6 Å². The van der Waals surface area contributed by atoms with Gasteiger partial charge in [0.1, 0.15) is 6.10 Å². The number of unbranched alkanes of at least 4 members (excludes halogenated alkanes) is 28. The first-order valence-corrected chi connectivity index (χ1v) is 26.2. The molecule has 0 aliphatic rings. The van der Waals surface area contributed by atoms with Gasteiger partial charge in [-0.25, -0.2) is 9.24 Å². The molecule has 0 spiro atoms. The molecule has 58 heavy (non-hydrogen) atoms. The number of nitriles is 1. The lowest BCUT2D eigenvalue weighted by Crippen LogP contribution is -2.43. The van der Waals surface area contributed by atoms with E-state index in [1.54, 1.807) is 4.67 Å². The molecule has 2 amide bonds. The van der Waals surface area contributed by atoms with Crippen molar-refractivity contribution in [1.29, 1.82) is 5.26 Å². The van der Waals surface area contributed by atoms with E-state index in [1.807, 2.05) is 33.8 Å². The van der Waals surface area contributed by atoms with Crippen molar-refractivity contribution in [1.82, 2.24) is 15.3 Å². The van der Waals surface area contributed by atoms with Crippen LogP contribution in [0.25, 0.3) is 0 Å². The van der Waals surface area contributed by atoms with Gasteiger partial charge in [-0.3, -0.25) is 18.6 Å². The Morgan fingerprint density at radius 2 is 0.828 bits per heavy atom. The van der Waals surface area contributed by atoms with Crippen molar-refractivity contribution in [3.05, 3.63) is 0 Å². The van der Waals surface area contributed by atoms with Gasteiger partial charge in [-0.2, -0.15) is 5.26 Å². The molecule has 2 N–H and O–H groups in total. The summed E-state index contributed by atoms with van der Waals surface area (Å²) in [7, 11) is -3.88. The van der Waals surface area contributed by atoms with Crippen LogP contribution in [0.15, 0.2) is 0 Å². The Labute approximate surface area is 359 Å². The summed E-state index contributed by atoms with van der Waals surface area (Å²) in [6, 6.07) is 1.73. The van der Waals surface area contributed by atoms with Crippen molar-refractivity contribution in [2.24, 2.45) is 0 Å². The Balaban J connectivity index is 4.71. The Bertz CT molecular complexity index is 978. The van der Waals surface area contributed by atoms with Crippen LogP contribution in [0, 0.1) is 11.3 Å². The molecule has 0 rings (SSSR count). The van der Waals surface area contributed by atoms with Gasteiger partial charge in [0.05, 0.1) is 19.1 Å². The predicted molar refractivity (Wildman–Crippen MR) is 246 cm³/mol. The zero-order valence-electron chi connectivity index (χ0n) is 39.1. The molecule has 0 aliphatic carbocycles. The van der Waals surface area contributed by atoms with Crippen molar-refractivity contribution in [2.75, 3.05) is 19.7 Å². The highest BCUT2D eigenvalue weighted by molar-refractivity contribution is 7.51. The summed E-state index contributed by atoms with van der Waals surface area (Å²) in [5.74, 6) is -0.144. The van der Waals surface area contributed by atoms with Crippen LogP contribution in [-0.2, 0) is 23.2 Å². The zero-order valence-corrected chi connectivity index (χ0v) is 40.0. The van der Waals surface area contributed by atoms with Crippen molar-refractivity contribution in [3.63, 3.8) is 0 Å². The lowest BCUT2D eigenvalue weighted by atomic mass is 10.0. The normalized spacial score (nSPS) is 12.8. The molecule has 10 heteroatoms. The van der Waals surface area contributed by atoms with E-state index >= 15 is 0 Å². The van der Waals surface area contributed by atoms with Crippen LogP contribution in [0.5, 0.6) is 0 Å². The van der Waals surface area contributed by atoms with Crippen LogP contribution in [0.1, 0.15) is 253 Å². The molecular weight excluding hydrogens is 744 g/mol. The molecule has 0 saturated carbocycles. The Kier molecular flexibility index (Phi) is 39.9. The molecule has 1 unspecified atom stereocenters. The largest absolute Gasteiger partial charge is 0.409 e. The third-order valence-electron chi connectivity index (χ3n) is 11.2. The fraction of sp³-hybridized carbons (Fsp3) is 0.938. The smallest absolute Gasteiger partial charge is 0.353 e. The monoisotopic (exact) mass is 839 g/mol. The van der Waals surface area contributed by atoms with Gasteiger partial charge in [-0.05, 0) is 40.5 Å². The van der Waals surface area contributed by atoms with E-state index in [-0.39, 0.29) is 50.0 Å². The highest BCUT2D eigenvalue weighted by Gasteiger charge is 2.40. The van der Waals surface area contributed by atoms with Gasteiger partial charge in [-0.15, -0.1) is 0 Å². The molecule has 0 saturated heterocycles. The molecule has 342 valence electrons. The van der Waals surface area contributed by atoms with Gasteiger partial charge in [0, 0.05) is 38.0 Å². The molecule has 0 radical (unpaired) electrons. The first-order valence-electron chi connectivity index (χ1n) is 24.7. The molecule has 0 aromatic rings. The van der Waals surface area contributed by atoms with Crippen molar-refractivity contribution >= 4 is 19.6 Å². The molecule has 1 atom stereocenters. The summed E-state index contributed by atoms with van der Waals surface area (Å²) in [5, 5.41) is 15.1. The minimum Gasteiger partial charge on any atom is -0.353 e. The number of carbonyl (C=O) groups is 2. The maximum Gasteiger partial charge on any atom is 0.409 e. The summed E-state index contributed by atoms with van der Waals surface area (Å²) in [5.41, 5.74) is 0. The second-order valence-corrected chi connectivity index (χ2v) is 19.4. The predicted octanol–water partition coefficient (Wildman–Crippen LogP) is 14.3. The SMILES string of the molecule is CCCCCCCCCCCCCCCCCC(=O)NCC(CNC(=O)CCCCCCCCCCCCCCCCC)OP(=O)(OCCC#N)N(C(C)C)C(C)C. The van der Waals surface area contributed by atoms with E-state index in [9.17, 15) is 14.2 Å². The highest BCUT2D eigenvalue weighted by atomic mass is 31.2. The first kappa shape index (κ1) is 56.5. The summed E-state index contributed by atoms with van der Waals surface area (Å²) >= 11 is 0. The third kappa shape index (κ3) is 34.3. The van der Waals surface area contributed by atoms with Crippen LogP contribution in [0.2, 0.25) is 0 Å². The highest BCUT2D eigenvalue weighted by Crippen LogP contribution is 2.55. The summed E-state index contributed by atoms with van der Waals surface area (Å²) in [6.07, 6.45) is 38.4. The van der Waals surface area contributed by atoms with E-state index in [0.29, 0.717) is 12.8 Å². The van der Waals surface area contributed by atoms with E-state index in [0.717, 1.165) is 38.5 Å². The van der Waals surface area contributed by atoms with Gasteiger partial charge >= 0.3 is 7.75 Å². The molecular formula is C48H95N4O5P. The topological polar surface area (TPSA) is 121 Å². The number of hydrogen-bond donors (Lipinski definition) is 2. The maximum absolute atomic E-state index is 14.4. The minimum atomic E-state index is -3.88. The van der Waals surface area contributed by atoms with Gasteiger partial charge in [0.2, 0.25) is 11.8 Å². The number of nitrogens with zero attached hydrogens (tertiary/aromatic N) is 2. The molecule has 0 heterocycles. The van der Waals surface area contributed by atoms with E-state index < -0.39 is 13.9 Å². The molecule has 0 aliphatic heterocycles. The number of nitrogens with one attached hydrogen (secondary N) is 2. The fourth-order valence-electron chi connectivity index (χ4n) is 7.80. The van der Waals surface area contributed by atoms with E-state index in [1.165, 1.54) is 154 Å². The van der Waals surface area contributed by atoms with E-state index in [2.05, 4.69) is 24.5 Å². The number of amides is 2. The Hall–Kier alpha value is -1.46. The Morgan fingerprint density at radius 1 is 0.534 bits per heavy atom. The average molecular weight is 839 g/mol. The van der Waals surface area contributed by atoms with Gasteiger partial charge in [0.25, 0.3) is 0 Å². The number of carbonyl (C=O) groups excluding carboxylic acids is 2. The van der Waals surface area contributed by atoms with Crippen molar-refractivity contribution in [2.45, 2.75) is 272 Å². The first-order chi connectivity index (χ1) is 28.1. The van der Waals surface area contributed by atoms with Gasteiger partial charge in [0.15, 0.2) is 0 Å². The molecule has 0 aromatic carbocycles. The number of rotatable bonds is 44. The van der Waals surface area contributed by atoms with Crippen LogP contribution in [0.4, 0.5) is 0 Å². The van der Waals surface area contributed by atoms with Crippen LogP contribution in [-0.4, -0.2) is 54.4 Å². The molecule has 0 aromatic heterocycles. The third-order valence-corrected chi connectivity index (χ3v) is 13.7. The van der Waals surface area contributed by atoms with Crippen LogP contribution in [0.3, 0.4) is 0 Å². The van der Waals surface area contributed by atoms with Crippen LogP contribution < -0.4 is 10.6 Å². The van der Waals surface area contributed by atoms with Crippen LogP contribution >= 0.6 is 7.75 Å². The van der Waals surface area contributed by atoms with Crippen molar-refractivity contribution < 1.29 is 23.2 Å². The lowest BCUT2D eigenvalue weighted by molar-refractivity contribution is -0.121. The minimum absolute atomic E-state index is 0.0342. The van der Waals surface area contributed by atoms with Gasteiger partial charge in [-0.1, -0.05) is 194 Å². The van der Waals surface area contributed by atoms with E-state index in [4.69, 9.17) is 14.3 Å². The molecule has 0 fully saturated rings. The summed E-state index contributed by atoms with van der Waals surface area (Å²) in [4.78, 5) is 25.8. The fourth-order valence-corrected chi connectivity index (χ4v) is 10.1. The molecule has 9 nitrogen and oxygen atoms in total. The second-order valence-electron chi connectivity index (χ2n) is 17.5. The lowest BCUT2D eigenvalue weighted by Gasteiger charge is -2.37. The quantitative estimate of drug-likeness (QED) is 0.0463. The average Bonchev–Trinajstić information content (AvgIpc) is 3.18. The number of hydrogen-bond acceptors (Lipinski definition) is 6. The standard InChI is InChI=1S/C48H95N4O5P/c1-7-9-11-13-15-17-19-21-23-25-27-29-31-33-35-38-47(53)50-42-46(57-58(55,56-41-37-40-49)52(44(3)4)45(5)6)43-51-48(54)39-36-34-32-30-28-26-24-22-20-18-16-14-12-10-8-2/h44-46H,7-39,41-43H2,1-6H3,(H,50,53)(H,51,54). The zero-order chi connectivity index (χ0) is 43.0. The summed E-state index contributed by atoms with van der Waals surface area (Å²) < 4.78 is 28.2. The van der Waals surface area contributed by atoms with Crippen molar-refractivity contribution in [3.8, 4) is 6.07 Å². The second kappa shape index (κ2) is 40.9. The summed E-state index contributed by atoms with van der Waals surface area (Å²) in [6.45, 7) is 12.4. The Morgan fingerprint density at radius 3 is 1.10 bits per heavy atom. The molecule has 0 bridgehead atoms.